The summed E-state index contributed by atoms with van der Waals surface area (Å²) in [4.78, 5) is 23.1. The predicted molar refractivity (Wildman–Crippen MR) is 65.6 cm³/mol. The number of rotatable bonds is 5. The Hall–Kier alpha value is -1.97. The fraction of sp³-hybridized carbons (Fsp3) is 0.286. The van der Waals surface area contributed by atoms with E-state index in [0.717, 1.165) is 6.07 Å². The average Bonchev–Trinajstić information content (AvgIpc) is 2.27. The van der Waals surface area contributed by atoms with E-state index in [1.807, 2.05) is 0 Å². The first-order valence-electron chi connectivity index (χ1n) is 5.54. The molecule has 0 bridgehead atoms. The summed E-state index contributed by atoms with van der Waals surface area (Å²) >= 11 is 0. The molecule has 18 heavy (non-hydrogen) atoms. The second-order valence-corrected chi connectivity index (χ2v) is 4.14. The van der Waals surface area contributed by atoms with Crippen molar-refractivity contribution < 1.29 is 18.7 Å². The number of benzene rings is 1. The molecule has 4 heteroatoms. The zero-order valence-electron chi connectivity index (χ0n) is 10.4. The fourth-order valence-corrected chi connectivity index (χ4v) is 1.27. The molecule has 3 nitrogen and oxygen atoms in total. The van der Waals surface area contributed by atoms with Crippen LogP contribution >= 0.6 is 0 Å². The Balaban J connectivity index is 2.57. The number of hydrogen-bond donors (Lipinski definition) is 0. The van der Waals surface area contributed by atoms with Crippen LogP contribution in [0.1, 0.15) is 20.3 Å². The van der Waals surface area contributed by atoms with Gasteiger partial charge in [0.2, 0.25) is 0 Å². The van der Waals surface area contributed by atoms with Gasteiger partial charge in [0.1, 0.15) is 18.0 Å². The fourth-order valence-electron chi connectivity index (χ4n) is 1.27. The number of carbonyl (C=O) groups excluding carboxylic acids is 2. The molecule has 0 saturated carbocycles. The van der Waals surface area contributed by atoms with Crippen molar-refractivity contribution in [1.82, 2.24) is 0 Å². The molecule has 0 radical (unpaired) electrons. The lowest BCUT2D eigenvalue weighted by Gasteiger charge is -2.09. The Morgan fingerprint density at radius 3 is 2.67 bits per heavy atom. The van der Waals surface area contributed by atoms with Crippen LogP contribution in [-0.4, -0.2) is 11.8 Å². The minimum Gasteiger partial charge on any atom is -0.426 e. The molecule has 1 unspecified atom stereocenters. The van der Waals surface area contributed by atoms with E-state index in [9.17, 15) is 14.0 Å². The number of carbonyl (C=O) groups is 2. The summed E-state index contributed by atoms with van der Waals surface area (Å²) in [6.07, 6.45) is -0.343. The zero-order chi connectivity index (χ0) is 13.7. The van der Waals surface area contributed by atoms with Gasteiger partial charge in [-0.05, 0) is 19.1 Å². The third kappa shape index (κ3) is 4.13. The Kier molecular flexibility index (Phi) is 4.77. The van der Waals surface area contributed by atoms with Crippen molar-refractivity contribution in [3.63, 3.8) is 0 Å². The molecule has 1 rings (SSSR count). The number of ether oxygens (including phenoxy) is 1. The van der Waals surface area contributed by atoms with E-state index in [1.165, 1.54) is 18.2 Å². The highest BCUT2D eigenvalue weighted by Gasteiger charge is 2.18. The number of halogens is 1. The lowest BCUT2D eigenvalue weighted by atomic mass is 9.97. The lowest BCUT2D eigenvalue weighted by Crippen LogP contribution is -2.19. The quantitative estimate of drug-likeness (QED) is 0.349. The van der Waals surface area contributed by atoms with Crippen LogP contribution in [-0.2, 0) is 9.59 Å². The molecule has 0 aliphatic rings. The molecule has 0 aliphatic carbocycles. The maximum Gasteiger partial charge on any atom is 0.318 e. The Labute approximate surface area is 105 Å². The summed E-state index contributed by atoms with van der Waals surface area (Å²) in [6.45, 7) is 7.06. The van der Waals surface area contributed by atoms with E-state index < -0.39 is 11.8 Å². The number of allylic oxidation sites excluding steroid dienone is 1. The third-order valence-electron chi connectivity index (χ3n) is 2.57. The largest absolute Gasteiger partial charge is 0.426 e. The second kappa shape index (κ2) is 6.10. The maximum absolute atomic E-state index is 12.8. The summed E-state index contributed by atoms with van der Waals surface area (Å²) in [5, 5.41) is 0. The summed E-state index contributed by atoms with van der Waals surface area (Å²) in [5.74, 6) is -1.75. The lowest BCUT2D eigenvalue weighted by molar-refractivity contribution is -0.138. The molecule has 1 aromatic rings. The third-order valence-corrected chi connectivity index (χ3v) is 2.57. The monoisotopic (exact) mass is 250 g/mol. The molecular weight excluding hydrogens is 235 g/mol. The van der Waals surface area contributed by atoms with Gasteiger partial charge in [-0.15, -0.1) is 0 Å². The SMILES string of the molecule is C=C(C)C(C)C(=O)CC(=O)Oc1cccc(F)c1. The highest BCUT2D eigenvalue weighted by molar-refractivity contribution is 5.98. The van der Waals surface area contributed by atoms with Crippen LogP contribution in [0.5, 0.6) is 5.75 Å². The highest BCUT2D eigenvalue weighted by Crippen LogP contribution is 2.15. The van der Waals surface area contributed by atoms with Crippen LogP contribution < -0.4 is 4.74 Å². The first kappa shape index (κ1) is 14.1. The Morgan fingerprint density at radius 2 is 2.11 bits per heavy atom. The summed E-state index contributed by atoms with van der Waals surface area (Å²) in [6, 6.07) is 5.21. The molecule has 0 amide bonds. The highest BCUT2D eigenvalue weighted by atomic mass is 19.1. The molecule has 0 N–H and O–H groups in total. The van der Waals surface area contributed by atoms with Gasteiger partial charge in [0.25, 0.3) is 0 Å². The first-order chi connectivity index (χ1) is 8.40. The van der Waals surface area contributed by atoms with E-state index in [2.05, 4.69) is 6.58 Å². The number of hydrogen-bond acceptors (Lipinski definition) is 3. The van der Waals surface area contributed by atoms with Crippen molar-refractivity contribution in [1.29, 1.82) is 0 Å². The topological polar surface area (TPSA) is 43.4 Å². The summed E-state index contributed by atoms with van der Waals surface area (Å²) in [7, 11) is 0. The molecular formula is C14H15FO3. The van der Waals surface area contributed by atoms with Gasteiger partial charge in [-0.2, -0.15) is 0 Å². The van der Waals surface area contributed by atoms with Gasteiger partial charge >= 0.3 is 5.97 Å². The van der Waals surface area contributed by atoms with Crippen LogP contribution in [0, 0.1) is 11.7 Å². The van der Waals surface area contributed by atoms with E-state index in [-0.39, 0.29) is 23.9 Å². The van der Waals surface area contributed by atoms with E-state index in [0.29, 0.717) is 5.57 Å². The van der Waals surface area contributed by atoms with E-state index >= 15 is 0 Å². The zero-order valence-corrected chi connectivity index (χ0v) is 10.4. The van der Waals surface area contributed by atoms with Crippen molar-refractivity contribution in [3.8, 4) is 5.75 Å². The normalized spacial score (nSPS) is 11.7. The van der Waals surface area contributed by atoms with Gasteiger partial charge in [0.15, 0.2) is 5.78 Å². The van der Waals surface area contributed by atoms with Crippen LogP contribution in [0.4, 0.5) is 4.39 Å². The van der Waals surface area contributed by atoms with Crippen molar-refractivity contribution in [2.45, 2.75) is 20.3 Å². The van der Waals surface area contributed by atoms with Gasteiger partial charge in [0.05, 0.1) is 0 Å². The number of Topliss-reactive ketones (excluding diaryl/α,β-unsaturated/α-hetero) is 1. The minimum absolute atomic E-state index is 0.0933. The minimum atomic E-state index is -0.696. The molecule has 0 saturated heterocycles. The van der Waals surface area contributed by atoms with Crippen LogP contribution in [0.25, 0.3) is 0 Å². The molecule has 0 fully saturated rings. The van der Waals surface area contributed by atoms with Crippen LogP contribution in [0.2, 0.25) is 0 Å². The molecule has 0 spiro atoms. The van der Waals surface area contributed by atoms with Gasteiger partial charge in [0, 0.05) is 12.0 Å². The molecule has 96 valence electrons. The molecule has 1 atom stereocenters. The van der Waals surface area contributed by atoms with Crippen LogP contribution in [0.15, 0.2) is 36.4 Å². The summed E-state index contributed by atoms with van der Waals surface area (Å²) in [5.41, 5.74) is 0.693. The van der Waals surface area contributed by atoms with Crippen molar-refractivity contribution in [3.05, 3.63) is 42.2 Å². The second-order valence-electron chi connectivity index (χ2n) is 4.14. The molecule has 0 heterocycles. The molecule has 0 aliphatic heterocycles. The van der Waals surface area contributed by atoms with Gasteiger partial charge < -0.3 is 4.74 Å². The smallest absolute Gasteiger partial charge is 0.318 e. The predicted octanol–water partition coefficient (Wildman–Crippen LogP) is 2.90. The first-order valence-corrected chi connectivity index (χ1v) is 5.54. The van der Waals surface area contributed by atoms with Crippen molar-refractivity contribution in [2.75, 3.05) is 0 Å². The van der Waals surface area contributed by atoms with Crippen molar-refractivity contribution >= 4 is 11.8 Å². The van der Waals surface area contributed by atoms with Crippen molar-refractivity contribution in [2.24, 2.45) is 5.92 Å². The molecule has 1 aromatic carbocycles. The standard InChI is InChI=1S/C14H15FO3/c1-9(2)10(3)13(16)8-14(17)18-12-6-4-5-11(15)7-12/h4-7,10H,1,8H2,2-3H3. The van der Waals surface area contributed by atoms with Crippen LogP contribution in [0.3, 0.4) is 0 Å². The van der Waals surface area contributed by atoms with E-state index in [4.69, 9.17) is 4.74 Å². The van der Waals surface area contributed by atoms with Gasteiger partial charge in [-0.25, -0.2) is 4.39 Å². The maximum atomic E-state index is 12.8. The van der Waals surface area contributed by atoms with Gasteiger partial charge in [-0.3, -0.25) is 9.59 Å². The number of ketones is 1. The van der Waals surface area contributed by atoms with Gasteiger partial charge in [-0.1, -0.05) is 25.1 Å². The van der Waals surface area contributed by atoms with E-state index in [1.54, 1.807) is 13.8 Å². The Morgan fingerprint density at radius 1 is 1.44 bits per heavy atom. The number of esters is 1. The Bertz CT molecular complexity index is 480. The summed E-state index contributed by atoms with van der Waals surface area (Å²) < 4.78 is 17.7. The average molecular weight is 250 g/mol. The molecule has 0 aromatic heterocycles.